The molecular formula is C21H21N5O4S. The van der Waals surface area contributed by atoms with E-state index < -0.39 is 5.97 Å². The lowest BCUT2D eigenvalue weighted by Gasteiger charge is -2.09. The Morgan fingerprint density at radius 2 is 1.71 bits per heavy atom. The van der Waals surface area contributed by atoms with Crippen molar-refractivity contribution in [1.29, 1.82) is 0 Å². The highest BCUT2D eigenvalue weighted by Crippen LogP contribution is 2.18. The number of nitrogens with one attached hydrogen (secondary N) is 2. The van der Waals surface area contributed by atoms with E-state index in [0.717, 1.165) is 0 Å². The summed E-state index contributed by atoms with van der Waals surface area (Å²) in [5.74, 6) is -0.775. The van der Waals surface area contributed by atoms with E-state index in [4.69, 9.17) is 5.11 Å². The zero-order valence-electron chi connectivity index (χ0n) is 16.7. The summed E-state index contributed by atoms with van der Waals surface area (Å²) in [7, 11) is 0. The monoisotopic (exact) mass is 439 g/mol. The molecule has 0 fully saturated rings. The van der Waals surface area contributed by atoms with Crippen molar-refractivity contribution in [2.45, 2.75) is 25.2 Å². The standard InChI is InChI=1S/C21H21N5O4S/c1-2-26-17(12-22-19(28)14-6-4-3-5-7-14)24-25-21(26)31-13-18(27)23-16-10-8-15(9-11-16)20(29)30/h3-11H,2,12-13H2,1H3,(H,22,28)(H,23,27)(H,29,30). The second kappa shape index (κ2) is 10.4. The van der Waals surface area contributed by atoms with Gasteiger partial charge in [-0.05, 0) is 43.3 Å². The smallest absolute Gasteiger partial charge is 0.335 e. The topological polar surface area (TPSA) is 126 Å². The molecule has 0 atom stereocenters. The van der Waals surface area contributed by atoms with Crippen LogP contribution in [0.1, 0.15) is 33.5 Å². The highest BCUT2D eigenvalue weighted by molar-refractivity contribution is 7.99. The lowest BCUT2D eigenvalue weighted by atomic mass is 10.2. The van der Waals surface area contributed by atoms with Gasteiger partial charge in [0.2, 0.25) is 5.91 Å². The van der Waals surface area contributed by atoms with Crippen LogP contribution in [0, 0.1) is 0 Å². The molecule has 0 saturated carbocycles. The van der Waals surface area contributed by atoms with E-state index in [1.807, 2.05) is 17.6 Å². The molecule has 3 N–H and O–H groups in total. The number of carboxylic acid groups (broad SMARTS) is 1. The van der Waals surface area contributed by atoms with Gasteiger partial charge >= 0.3 is 5.97 Å². The van der Waals surface area contributed by atoms with Crippen molar-refractivity contribution in [2.75, 3.05) is 11.1 Å². The van der Waals surface area contributed by atoms with Crippen LogP contribution in [0.5, 0.6) is 0 Å². The SMILES string of the molecule is CCn1c(CNC(=O)c2ccccc2)nnc1SCC(=O)Nc1ccc(C(=O)O)cc1. The number of aromatic carboxylic acids is 1. The van der Waals surface area contributed by atoms with Crippen molar-refractivity contribution in [1.82, 2.24) is 20.1 Å². The van der Waals surface area contributed by atoms with Crippen LogP contribution >= 0.6 is 11.8 Å². The predicted molar refractivity (Wildman–Crippen MR) is 116 cm³/mol. The van der Waals surface area contributed by atoms with E-state index in [9.17, 15) is 14.4 Å². The molecule has 0 aliphatic rings. The predicted octanol–water partition coefficient (Wildman–Crippen LogP) is 2.66. The summed E-state index contributed by atoms with van der Waals surface area (Å²) in [6.07, 6.45) is 0. The summed E-state index contributed by atoms with van der Waals surface area (Å²) in [4.78, 5) is 35.3. The highest BCUT2D eigenvalue weighted by Gasteiger charge is 2.14. The van der Waals surface area contributed by atoms with Gasteiger partial charge in [-0.1, -0.05) is 30.0 Å². The van der Waals surface area contributed by atoms with Gasteiger partial charge in [0.05, 0.1) is 17.9 Å². The summed E-state index contributed by atoms with van der Waals surface area (Å²) in [5.41, 5.74) is 1.22. The highest BCUT2D eigenvalue weighted by atomic mass is 32.2. The van der Waals surface area contributed by atoms with Gasteiger partial charge in [-0.2, -0.15) is 0 Å². The molecule has 0 radical (unpaired) electrons. The molecule has 3 aromatic rings. The summed E-state index contributed by atoms with van der Waals surface area (Å²) in [6.45, 7) is 2.74. The van der Waals surface area contributed by atoms with Crippen LogP contribution in [-0.4, -0.2) is 43.4 Å². The number of rotatable bonds is 9. The lowest BCUT2D eigenvalue weighted by molar-refractivity contribution is -0.113. The number of amides is 2. The van der Waals surface area contributed by atoms with E-state index in [1.54, 1.807) is 24.3 Å². The molecule has 9 nitrogen and oxygen atoms in total. The molecule has 0 aliphatic carbocycles. The second-order valence-electron chi connectivity index (χ2n) is 6.41. The quantitative estimate of drug-likeness (QED) is 0.438. The maximum absolute atomic E-state index is 12.2. The first kappa shape index (κ1) is 22.0. The molecule has 2 aromatic carbocycles. The van der Waals surface area contributed by atoms with Crippen LogP contribution < -0.4 is 10.6 Å². The Bertz CT molecular complexity index is 1070. The Kier molecular flexibility index (Phi) is 7.39. The Morgan fingerprint density at radius 1 is 1.00 bits per heavy atom. The number of benzene rings is 2. The average molecular weight is 439 g/mol. The number of hydrogen-bond acceptors (Lipinski definition) is 6. The number of carboxylic acids is 1. The van der Waals surface area contributed by atoms with Gasteiger partial charge in [0.25, 0.3) is 5.91 Å². The minimum absolute atomic E-state index is 0.106. The van der Waals surface area contributed by atoms with E-state index >= 15 is 0 Å². The zero-order valence-corrected chi connectivity index (χ0v) is 17.6. The van der Waals surface area contributed by atoms with Crippen molar-refractivity contribution >= 4 is 35.2 Å². The molecule has 160 valence electrons. The van der Waals surface area contributed by atoms with Gasteiger partial charge < -0.3 is 20.3 Å². The largest absolute Gasteiger partial charge is 0.478 e. The fraction of sp³-hybridized carbons (Fsp3) is 0.190. The third-order valence-corrected chi connectivity index (χ3v) is 5.27. The molecule has 0 saturated heterocycles. The summed E-state index contributed by atoms with van der Waals surface area (Å²) in [5, 5.41) is 23.3. The van der Waals surface area contributed by atoms with Crippen LogP contribution in [0.25, 0.3) is 0 Å². The fourth-order valence-corrected chi connectivity index (χ4v) is 3.57. The first-order valence-corrected chi connectivity index (χ1v) is 10.5. The second-order valence-corrected chi connectivity index (χ2v) is 7.35. The summed E-state index contributed by atoms with van der Waals surface area (Å²) in [6, 6.07) is 14.8. The van der Waals surface area contributed by atoms with E-state index in [1.165, 1.54) is 36.0 Å². The van der Waals surface area contributed by atoms with Gasteiger partial charge in [0.1, 0.15) is 0 Å². The first-order chi connectivity index (χ1) is 15.0. The average Bonchev–Trinajstić information content (AvgIpc) is 3.18. The number of thioether (sulfide) groups is 1. The molecule has 0 aliphatic heterocycles. The van der Waals surface area contributed by atoms with Gasteiger partial charge in [0, 0.05) is 17.8 Å². The van der Waals surface area contributed by atoms with Gasteiger partial charge in [-0.15, -0.1) is 10.2 Å². The van der Waals surface area contributed by atoms with Crippen molar-refractivity contribution < 1.29 is 19.5 Å². The third-order valence-electron chi connectivity index (χ3n) is 4.30. The number of nitrogens with zero attached hydrogens (tertiary/aromatic N) is 3. The van der Waals surface area contributed by atoms with Crippen molar-refractivity contribution in [3.63, 3.8) is 0 Å². The first-order valence-electron chi connectivity index (χ1n) is 9.49. The molecule has 0 unspecified atom stereocenters. The number of carbonyl (C=O) groups excluding carboxylic acids is 2. The van der Waals surface area contributed by atoms with Crippen LogP contribution in [-0.2, 0) is 17.9 Å². The van der Waals surface area contributed by atoms with Crippen LogP contribution in [0.4, 0.5) is 5.69 Å². The van der Waals surface area contributed by atoms with E-state index in [2.05, 4.69) is 20.8 Å². The van der Waals surface area contributed by atoms with E-state index in [-0.39, 0.29) is 29.7 Å². The Morgan fingerprint density at radius 3 is 2.35 bits per heavy atom. The van der Waals surface area contributed by atoms with Crippen LogP contribution in [0.15, 0.2) is 59.8 Å². The van der Waals surface area contributed by atoms with Crippen molar-refractivity contribution in [3.05, 3.63) is 71.5 Å². The maximum Gasteiger partial charge on any atom is 0.335 e. The number of carbonyl (C=O) groups is 3. The summed E-state index contributed by atoms with van der Waals surface area (Å²) < 4.78 is 1.84. The number of aromatic nitrogens is 3. The fourth-order valence-electron chi connectivity index (χ4n) is 2.75. The molecule has 31 heavy (non-hydrogen) atoms. The van der Waals surface area contributed by atoms with Crippen LogP contribution in [0.2, 0.25) is 0 Å². The lowest BCUT2D eigenvalue weighted by Crippen LogP contribution is -2.24. The number of anilines is 1. The zero-order chi connectivity index (χ0) is 22.2. The third kappa shape index (κ3) is 5.92. The molecule has 3 rings (SSSR count). The molecule has 10 heteroatoms. The van der Waals surface area contributed by atoms with Crippen molar-refractivity contribution in [3.8, 4) is 0 Å². The molecule has 1 aromatic heterocycles. The number of hydrogen-bond donors (Lipinski definition) is 3. The Labute approximate surface area is 182 Å². The molecular weight excluding hydrogens is 418 g/mol. The molecule has 0 spiro atoms. The van der Waals surface area contributed by atoms with Crippen molar-refractivity contribution in [2.24, 2.45) is 0 Å². The van der Waals surface area contributed by atoms with Gasteiger partial charge in [0.15, 0.2) is 11.0 Å². The minimum atomic E-state index is -1.02. The van der Waals surface area contributed by atoms with Gasteiger partial charge in [-0.3, -0.25) is 9.59 Å². The van der Waals surface area contributed by atoms with Crippen LogP contribution in [0.3, 0.4) is 0 Å². The van der Waals surface area contributed by atoms with E-state index in [0.29, 0.717) is 28.8 Å². The molecule has 1 heterocycles. The molecule has 2 amide bonds. The summed E-state index contributed by atoms with van der Waals surface area (Å²) >= 11 is 1.23. The Hall–Kier alpha value is -3.66. The Balaban J connectivity index is 1.54. The molecule has 0 bridgehead atoms. The minimum Gasteiger partial charge on any atom is -0.478 e. The maximum atomic E-state index is 12.2. The normalized spacial score (nSPS) is 10.5. The van der Waals surface area contributed by atoms with Gasteiger partial charge in [-0.25, -0.2) is 4.79 Å².